The minimum atomic E-state index is -0.487. The Balaban J connectivity index is 2.20. The first kappa shape index (κ1) is 13.2. The lowest BCUT2D eigenvalue weighted by Crippen LogP contribution is -2.15. The fourth-order valence-electron chi connectivity index (χ4n) is 1.34. The number of nitrogens with zero attached hydrogens (tertiary/aromatic N) is 2. The molecule has 98 valence electrons. The lowest BCUT2D eigenvalue weighted by atomic mass is 10.2. The molecule has 0 aromatic carbocycles. The lowest BCUT2D eigenvalue weighted by Gasteiger charge is -2.06. The van der Waals surface area contributed by atoms with E-state index in [0.29, 0.717) is 0 Å². The van der Waals surface area contributed by atoms with Crippen LogP contribution in [0, 0.1) is 5.82 Å². The Morgan fingerprint density at radius 3 is 2.74 bits per heavy atom. The fourth-order valence-corrected chi connectivity index (χ4v) is 1.55. The van der Waals surface area contributed by atoms with Gasteiger partial charge >= 0.3 is 0 Å². The molecule has 1 amide bonds. The summed E-state index contributed by atoms with van der Waals surface area (Å²) in [4.78, 5) is 19.5. The minimum Gasteiger partial charge on any atom is -0.308 e. The topological polar surface area (TPSA) is 92.9 Å². The van der Waals surface area contributed by atoms with E-state index in [0.717, 1.165) is 6.20 Å². The summed E-state index contributed by atoms with van der Waals surface area (Å²) in [6.45, 7) is 0. The van der Waals surface area contributed by atoms with E-state index in [1.165, 1.54) is 24.3 Å². The molecular formula is C11H9ClFN5O. The number of nitrogens with two attached hydrogens (primary N) is 1. The maximum Gasteiger partial charge on any atom is 0.257 e. The molecule has 2 heterocycles. The lowest BCUT2D eigenvalue weighted by molar-refractivity contribution is 0.102. The fraction of sp³-hybridized carbons (Fsp3) is 0. The average Bonchev–Trinajstić information content (AvgIpc) is 2.40. The molecule has 2 aromatic heterocycles. The second kappa shape index (κ2) is 5.59. The van der Waals surface area contributed by atoms with Crippen molar-refractivity contribution in [3.8, 4) is 0 Å². The average molecular weight is 282 g/mol. The molecular weight excluding hydrogens is 273 g/mol. The van der Waals surface area contributed by atoms with Crippen molar-refractivity contribution in [1.82, 2.24) is 9.97 Å². The summed E-state index contributed by atoms with van der Waals surface area (Å²) in [6, 6.07) is 5.33. The maximum atomic E-state index is 12.7. The molecule has 6 nitrogen and oxygen atoms in total. The van der Waals surface area contributed by atoms with Crippen molar-refractivity contribution < 1.29 is 9.18 Å². The van der Waals surface area contributed by atoms with Gasteiger partial charge in [0, 0.05) is 5.56 Å². The van der Waals surface area contributed by atoms with Gasteiger partial charge in [-0.2, -0.15) is 0 Å². The number of nitrogens with one attached hydrogen (secondary N) is 2. The van der Waals surface area contributed by atoms with Crippen LogP contribution in [0.5, 0.6) is 0 Å². The van der Waals surface area contributed by atoms with Crippen LogP contribution in [0.15, 0.2) is 30.5 Å². The second-order valence-electron chi connectivity index (χ2n) is 3.52. The molecule has 0 radical (unpaired) electrons. The van der Waals surface area contributed by atoms with E-state index in [4.69, 9.17) is 17.4 Å². The zero-order chi connectivity index (χ0) is 13.8. The van der Waals surface area contributed by atoms with Crippen LogP contribution in [0.2, 0.25) is 5.15 Å². The highest BCUT2D eigenvalue weighted by Crippen LogP contribution is 2.15. The van der Waals surface area contributed by atoms with Crippen molar-refractivity contribution in [1.29, 1.82) is 0 Å². The number of hydrazine groups is 1. The third-order valence-electron chi connectivity index (χ3n) is 2.17. The first-order valence-electron chi connectivity index (χ1n) is 5.15. The molecule has 0 saturated heterocycles. The van der Waals surface area contributed by atoms with Gasteiger partial charge in [0.25, 0.3) is 5.91 Å². The van der Waals surface area contributed by atoms with Crippen LogP contribution in [0.3, 0.4) is 0 Å². The number of aromatic nitrogens is 2. The number of halogens is 2. The summed E-state index contributed by atoms with van der Waals surface area (Å²) in [7, 11) is 0. The summed E-state index contributed by atoms with van der Waals surface area (Å²) < 4.78 is 12.7. The van der Waals surface area contributed by atoms with Crippen molar-refractivity contribution in [2.24, 2.45) is 5.84 Å². The highest BCUT2D eigenvalue weighted by Gasteiger charge is 2.10. The monoisotopic (exact) mass is 281 g/mol. The molecule has 0 bridgehead atoms. The van der Waals surface area contributed by atoms with Crippen LogP contribution in [0.1, 0.15) is 10.4 Å². The number of hydrogen-bond acceptors (Lipinski definition) is 5. The molecule has 0 unspecified atom stereocenters. The van der Waals surface area contributed by atoms with Crippen LogP contribution >= 0.6 is 11.6 Å². The summed E-state index contributed by atoms with van der Waals surface area (Å²) in [5.74, 6) is 4.73. The second-order valence-corrected chi connectivity index (χ2v) is 3.91. The number of anilines is 2. The Bertz CT molecular complexity index is 605. The SMILES string of the molecule is NNc1cc(C(=O)Nc2ccc(F)cn2)cc(Cl)n1. The quantitative estimate of drug-likeness (QED) is 0.453. The predicted molar refractivity (Wildman–Crippen MR) is 69.2 cm³/mol. The molecule has 4 N–H and O–H groups in total. The van der Waals surface area contributed by atoms with Gasteiger partial charge in [0.05, 0.1) is 6.20 Å². The van der Waals surface area contributed by atoms with Crippen molar-refractivity contribution in [2.75, 3.05) is 10.7 Å². The van der Waals surface area contributed by atoms with Crippen LogP contribution in [-0.4, -0.2) is 15.9 Å². The van der Waals surface area contributed by atoms with Crippen LogP contribution in [-0.2, 0) is 0 Å². The number of pyridine rings is 2. The van der Waals surface area contributed by atoms with E-state index in [1.54, 1.807) is 0 Å². The van der Waals surface area contributed by atoms with E-state index < -0.39 is 11.7 Å². The van der Waals surface area contributed by atoms with Gasteiger partial charge in [-0.25, -0.2) is 20.2 Å². The Hall–Kier alpha value is -2.25. The van der Waals surface area contributed by atoms with Gasteiger partial charge in [0.15, 0.2) is 0 Å². The molecule has 0 aliphatic rings. The third kappa shape index (κ3) is 3.36. The van der Waals surface area contributed by atoms with Gasteiger partial charge in [0.2, 0.25) is 0 Å². The molecule has 0 saturated carbocycles. The van der Waals surface area contributed by atoms with Crippen molar-refractivity contribution >= 4 is 29.1 Å². The Kier molecular flexibility index (Phi) is 3.88. The van der Waals surface area contributed by atoms with E-state index in [2.05, 4.69) is 20.7 Å². The molecule has 2 rings (SSSR count). The molecule has 2 aromatic rings. The van der Waals surface area contributed by atoms with Gasteiger partial charge in [-0.1, -0.05) is 11.6 Å². The predicted octanol–water partition coefficient (Wildman–Crippen LogP) is 1.81. The van der Waals surface area contributed by atoms with Gasteiger partial charge in [-0.15, -0.1) is 0 Å². The van der Waals surface area contributed by atoms with Gasteiger partial charge in [-0.05, 0) is 24.3 Å². The molecule has 8 heteroatoms. The number of amides is 1. The Morgan fingerprint density at radius 1 is 1.32 bits per heavy atom. The van der Waals surface area contributed by atoms with Crippen LogP contribution in [0.4, 0.5) is 16.0 Å². The smallest absolute Gasteiger partial charge is 0.257 e. The van der Waals surface area contributed by atoms with Crippen molar-refractivity contribution in [3.05, 3.63) is 47.0 Å². The van der Waals surface area contributed by atoms with E-state index in [1.807, 2.05) is 0 Å². The Morgan fingerprint density at radius 2 is 2.11 bits per heavy atom. The van der Waals surface area contributed by atoms with E-state index in [-0.39, 0.29) is 22.4 Å². The third-order valence-corrected chi connectivity index (χ3v) is 2.37. The summed E-state index contributed by atoms with van der Waals surface area (Å²) in [6.07, 6.45) is 1.00. The summed E-state index contributed by atoms with van der Waals surface area (Å²) in [5.41, 5.74) is 2.54. The number of carbonyl (C=O) groups excluding carboxylic acids is 1. The van der Waals surface area contributed by atoms with Gasteiger partial charge in [-0.3, -0.25) is 4.79 Å². The molecule has 0 aliphatic heterocycles. The van der Waals surface area contributed by atoms with Crippen LogP contribution < -0.4 is 16.6 Å². The van der Waals surface area contributed by atoms with Crippen molar-refractivity contribution in [3.63, 3.8) is 0 Å². The van der Waals surface area contributed by atoms with Crippen LogP contribution in [0.25, 0.3) is 0 Å². The highest BCUT2D eigenvalue weighted by molar-refractivity contribution is 6.30. The number of rotatable bonds is 3. The van der Waals surface area contributed by atoms with Crippen molar-refractivity contribution in [2.45, 2.75) is 0 Å². The van der Waals surface area contributed by atoms with E-state index >= 15 is 0 Å². The molecule has 0 fully saturated rings. The first-order valence-corrected chi connectivity index (χ1v) is 5.53. The zero-order valence-electron chi connectivity index (χ0n) is 9.52. The Labute approximate surface area is 112 Å². The van der Waals surface area contributed by atoms with E-state index in [9.17, 15) is 9.18 Å². The maximum absolute atomic E-state index is 12.7. The number of nitrogen functional groups attached to an aromatic ring is 1. The number of carbonyl (C=O) groups is 1. The first-order chi connectivity index (χ1) is 9.08. The molecule has 0 spiro atoms. The largest absolute Gasteiger partial charge is 0.308 e. The van der Waals surface area contributed by atoms with Gasteiger partial charge < -0.3 is 10.7 Å². The molecule has 19 heavy (non-hydrogen) atoms. The summed E-state index contributed by atoms with van der Waals surface area (Å²) >= 11 is 5.74. The van der Waals surface area contributed by atoms with Gasteiger partial charge in [0.1, 0.15) is 22.6 Å². The summed E-state index contributed by atoms with van der Waals surface area (Å²) in [5, 5.41) is 2.61. The zero-order valence-corrected chi connectivity index (χ0v) is 10.3. The molecule has 0 atom stereocenters. The standard InChI is InChI=1S/C11H9ClFN5O/c12-8-3-6(4-10(16-8)18-14)11(19)17-9-2-1-7(13)5-15-9/h1-5H,14H2,(H,16,18)(H,15,17,19). The molecule has 0 aliphatic carbocycles. The normalized spacial score (nSPS) is 10.1. The minimum absolute atomic E-state index is 0.118. The number of hydrogen-bond donors (Lipinski definition) is 3. The highest BCUT2D eigenvalue weighted by atomic mass is 35.5.